The highest BCUT2D eigenvalue weighted by Gasteiger charge is 2.11. The van der Waals surface area contributed by atoms with Crippen LogP contribution in [0.5, 0.6) is 0 Å². The molecule has 2 aromatic carbocycles. The number of para-hydroxylation sites is 1. The van der Waals surface area contributed by atoms with Crippen LogP contribution in [0.15, 0.2) is 85.6 Å². The van der Waals surface area contributed by atoms with E-state index in [1.54, 1.807) is 35.4 Å². The quantitative estimate of drug-likeness (QED) is 0.348. The zero-order valence-corrected chi connectivity index (χ0v) is 16.9. The van der Waals surface area contributed by atoms with E-state index in [0.29, 0.717) is 12.2 Å². The first-order valence-electron chi connectivity index (χ1n) is 10.0. The fraction of sp³-hybridized carbons (Fsp3) is 0.125. The summed E-state index contributed by atoms with van der Waals surface area (Å²) in [6, 6.07) is 15.9. The van der Waals surface area contributed by atoms with Crippen LogP contribution < -0.4 is 5.32 Å². The molecule has 0 radical (unpaired) electrons. The Morgan fingerprint density at radius 1 is 1.10 bits per heavy atom. The number of hydrogen-bond acceptors (Lipinski definition) is 3. The van der Waals surface area contributed by atoms with Crippen LogP contribution in [0.2, 0.25) is 0 Å². The lowest BCUT2D eigenvalue weighted by Gasteiger charge is -2.03. The van der Waals surface area contributed by atoms with Crippen molar-refractivity contribution in [1.29, 1.82) is 0 Å². The Hall–Kier alpha value is -4.00. The molecule has 0 saturated heterocycles. The third-order valence-corrected chi connectivity index (χ3v) is 4.75. The number of aryl methyl sites for hydroxylation is 1. The number of halogens is 1. The van der Waals surface area contributed by atoms with E-state index in [2.05, 4.69) is 15.4 Å². The van der Waals surface area contributed by atoms with E-state index in [1.165, 1.54) is 18.2 Å². The van der Waals surface area contributed by atoms with Crippen LogP contribution in [0.25, 0.3) is 23.0 Å². The highest BCUT2D eigenvalue weighted by atomic mass is 19.1. The van der Waals surface area contributed by atoms with Gasteiger partial charge in [-0.2, -0.15) is 5.10 Å². The van der Waals surface area contributed by atoms with Crippen LogP contribution in [0.4, 0.5) is 4.39 Å². The summed E-state index contributed by atoms with van der Waals surface area (Å²) in [4.78, 5) is 16.2. The number of nitrogens with one attached hydrogen (secondary N) is 1. The van der Waals surface area contributed by atoms with Crippen molar-refractivity contribution < 1.29 is 9.18 Å². The van der Waals surface area contributed by atoms with Gasteiger partial charge in [0.15, 0.2) is 0 Å². The Kier molecular flexibility index (Phi) is 6.32. The number of imidazole rings is 1. The predicted octanol–water partition coefficient (Wildman–Crippen LogP) is 4.09. The van der Waals surface area contributed by atoms with Gasteiger partial charge >= 0.3 is 0 Å². The van der Waals surface area contributed by atoms with E-state index in [1.807, 2.05) is 47.3 Å². The fourth-order valence-corrected chi connectivity index (χ4v) is 3.17. The standard InChI is InChI=1S/C24H22FN5O/c25-21-10-7-19(8-11-21)24-20(17-30(28-24)22-5-2-1-3-6-22)9-12-23(31)27-13-4-15-29-16-14-26-18-29/h1-3,5-12,14,16-18H,4,13,15H2,(H,27,31). The molecule has 0 atom stereocenters. The van der Waals surface area contributed by atoms with Crippen LogP contribution >= 0.6 is 0 Å². The van der Waals surface area contributed by atoms with Crippen molar-refractivity contribution in [2.75, 3.05) is 6.54 Å². The molecule has 1 amide bonds. The minimum atomic E-state index is -0.307. The zero-order valence-electron chi connectivity index (χ0n) is 16.9. The maximum atomic E-state index is 13.4. The highest BCUT2D eigenvalue weighted by Crippen LogP contribution is 2.25. The van der Waals surface area contributed by atoms with Crippen molar-refractivity contribution >= 4 is 12.0 Å². The molecule has 0 unspecified atom stereocenters. The van der Waals surface area contributed by atoms with Crippen LogP contribution in [0, 0.1) is 5.82 Å². The summed E-state index contributed by atoms with van der Waals surface area (Å²) in [6.45, 7) is 1.36. The maximum absolute atomic E-state index is 13.4. The smallest absolute Gasteiger partial charge is 0.244 e. The number of hydrogen-bond donors (Lipinski definition) is 1. The first-order valence-corrected chi connectivity index (χ1v) is 10.0. The number of carbonyl (C=O) groups excluding carboxylic acids is 1. The van der Waals surface area contributed by atoms with E-state index < -0.39 is 0 Å². The monoisotopic (exact) mass is 415 g/mol. The molecule has 2 aromatic heterocycles. The molecular weight excluding hydrogens is 393 g/mol. The largest absolute Gasteiger partial charge is 0.352 e. The number of carbonyl (C=O) groups is 1. The first kappa shape index (κ1) is 20.3. The molecule has 7 heteroatoms. The van der Waals surface area contributed by atoms with E-state index in [9.17, 15) is 9.18 Å². The third-order valence-electron chi connectivity index (χ3n) is 4.75. The highest BCUT2D eigenvalue weighted by molar-refractivity contribution is 5.92. The van der Waals surface area contributed by atoms with Crippen LogP contribution in [0.1, 0.15) is 12.0 Å². The van der Waals surface area contributed by atoms with Gasteiger partial charge in [0.05, 0.1) is 17.7 Å². The molecule has 0 aliphatic carbocycles. The Morgan fingerprint density at radius 3 is 2.65 bits per heavy atom. The van der Waals surface area contributed by atoms with Gasteiger partial charge in [-0.1, -0.05) is 18.2 Å². The number of amides is 1. The van der Waals surface area contributed by atoms with Crippen molar-refractivity contribution in [2.45, 2.75) is 13.0 Å². The summed E-state index contributed by atoms with van der Waals surface area (Å²) < 4.78 is 17.1. The van der Waals surface area contributed by atoms with Crippen molar-refractivity contribution in [3.05, 3.63) is 97.0 Å². The zero-order chi connectivity index (χ0) is 21.5. The number of nitrogens with zero attached hydrogens (tertiary/aromatic N) is 4. The van der Waals surface area contributed by atoms with Gasteiger partial charge in [-0.3, -0.25) is 4.79 Å². The van der Waals surface area contributed by atoms with Gasteiger partial charge in [-0.15, -0.1) is 0 Å². The lowest BCUT2D eigenvalue weighted by atomic mass is 10.1. The third kappa shape index (κ3) is 5.33. The summed E-state index contributed by atoms with van der Waals surface area (Å²) in [5.41, 5.74) is 3.11. The average Bonchev–Trinajstić information content (AvgIpc) is 3.47. The molecule has 6 nitrogen and oxygen atoms in total. The minimum Gasteiger partial charge on any atom is -0.352 e. The molecule has 0 saturated carbocycles. The van der Waals surface area contributed by atoms with E-state index >= 15 is 0 Å². The van der Waals surface area contributed by atoms with Crippen LogP contribution in [-0.2, 0) is 11.3 Å². The minimum absolute atomic E-state index is 0.178. The van der Waals surface area contributed by atoms with Crippen molar-refractivity contribution in [1.82, 2.24) is 24.6 Å². The summed E-state index contributed by atoms with van der Waals surface area (Å²) in [5.74, 6) is -0.485. The molecule has 4 rings (SSSR count). The van der Waals surface area contributed by atoms with Gasteiger partial charge in [-0.25, -0.2) is 14.1 Å². The SMILES string of the molecule is O=C(C=Cc1cn(-c2ccccc2)nc1-c1ccc(F)cc1)NCCCn1ccnc1. The number of aromatic nitrogens is 4. The Morgan fingerprint density at radius 2 is 1.90 bits per heavy atom. The second kappa shape index (κ2) is 9.67. The molecule has 0 bridgehead atoms. The first-order chi connectivity index (χ1) is 15.2. The van der Waals surface area contributed by atoms with Gasteiger partial charge in [-0.05, 0) is 48.9 Å². The van der Waals surface area contributed by atoms with Crippen LogP contribution in [0.3, 0.4) is 0 Å². The number of rotatable bonds is 8. The lowest BCUT2D eigenvalue weighted by Crippen LogP contribution is -2.22. The molecule has 1 N–H and O–H groups in total. The van der Waals surface area contributed by atoms with E-state index in [4.69, 9.17) is 0 Å². The summed E-state index contributed by atoms with van der Waals surface area (Å²) in [5, 5.41) is 7.55. The predicted molar refractivity (Wildman–Crippen MR) is 118 cm³/mol. The molecule has 0 aliphatic rings. The topological polar surface area (TPSA) is 64.7 Å². The Bertz CT molecular complexity index is 1150. The van der Waals surface area contributed by atoms with Gasteiger partial charge in [0, 0.05) is 48.9 Å². The summed E-state index contributed by atoms with van der Waals surface area (Å²) in [6.07, 6.45) is 11.3. The van der Waals surface area contributed by atoms with Gasteiger partial charge in [0.2, 0.25) is 5.91 Å². The van der Waals surface area contributed by atoms with Gasteiger partial charge < -0.3 is 9.88 Å². The Balaban J connectivity index is 1.48. The van der Waals surface area contributed by atoms with Crippen molar-refractivity contribution in [3.63, 3.8) is 0 Å². The molecule has 0 aliphatic heterocycles. The fourth-order valence-electron chi connectivity index (χ4n) is 3.17. The molecule has 4 aromatic rings. The second-order valence-electron chi connectivity index (χ2n) is 7.00. The molecular formula is C24H22FN5O. The lowest BCUT2D eigenvalue weighted by molar-refractivity contribution is -0.116. The molecule has 2 heterocycles. The maximum Gasteiger partial charge on any atom is 0.244 e. The van der Waals surface area contributed by atoms with E-state index in [0.717, 1.165) is 29.8 Å². The second-order valence-corrected chi connectivity index (χ2v) is 7.00. The van der Waals surface area contributed by atoms with Crippen molar-refractivity contribution in [3.8, 4) is 16.9 Å². The van der Waals surface area contributed by atoms with Gasteiger partial charge in [0.1, 0.15) is 5.82 Å². The normalized spacial score (nSPS) is 11.1. The Labute approximate surface area is 179 Å². The van der Waals surface area contributed by atoms with Crippen molar-refractivity contribution in [2.24, 2.45) is 0 Å². The summed E-state index contributed by atoms with van der Waals surface area (Å²) in [7, 11) is 0. The molecule has 31 heavy (non-hydrogen) atoms. The summed E-state index contributed by atoms with van der Waals surface area (Å²) >= 11 is 0. The average molecular weight is 415 g/mol. The molecule has 156 valence electrons. The number of benzene rings is 2. The molecule has 0 fully saturated rings. The van der Waals surface area contributed by atoms with Gasteiger partial charge in [0.25, 0.3) is 0 Å². The molecule has 0 spiro atoms. The van der Waals surface area contributed by atoms with Crippen LogP contribution in [-0.4, -0.2) is 31.8 Å². The van der Waals surface area contributed by atoms with E-state index in [-0.39, 0.29) is 11.7 Å².